The third kappa shape index (κ3) is 2.40. The number of hydrogen-bond donors (Lipinski definition) is 2. The number of carbonyl (C=O) groups excluding carboxylic acids is 1. The molecule has 1 aliphatic heterocycles. The van der Waals surface area contributed by atoms with Gasteiger partial charge in [-0.05, 0) is 31.0 Å². The fourth-order valence-corrected chi connectivity index (χ4v) is 4.24. The zero-order valence-corrected chi connectivity index (χ0v) is 11.6. The molecule has 20 heavy (non-hydrogen) atoms. The highest BCUT2D eigenvalue weighted by Gasteiger charge is 2.31. The van der Waals surface area contributed by atoms with Crippen LogP contribution in [-0.4, -0.2) is 41.8 Å². The first kappa shape index (κ1) is 13.1. The SMILES string of the molecule is O=C(NCC1CCCS1(=O)=O)c1ccc2nc[nH]c2c1. The van der Waals surface area contributed by atoms with Gasteiger partial charge in [0, 0.05) is 12.1 Å². The Morgan fingerprint density at radius 1 is 1.45 bits per heavy atom. The molecule has 1 amide bonds. The first-order chi connectivity index (χ1) is 9.56. The number of amides is 1. The van der Waals surface area contributed by atoms with Gasteiger partial charge >= 0.3 is 0 Å². The number of aromatic amines is 1. The largest absolute Gasteiger partial charge is 0.351 e. The van der Waals surface area contributed by atoms with Gasteiger partial charge in [0.15, 0.2) is 9.84 Å². The van der Waals surface area contributed by atoms with Gasteiger partial charge in [0.25, 0.3) is 5.91 Å². The van der Waals surface area contributed by atoms with Crippen molar-refractivity contribution < 1.29 is 13.2 Å². The molecular formula is C13H15N3O3S. The summed E-state index contributed by atoms with van der Waals surface area (Å²) in [5, 5.41) is 2.26. The Hall–Kier alpha value is -1.89. The summed E-state index contributed by atoms with van der Waals surface area (Å²) in [6.45, 7) is 0.183. The third-order valence-electron chi connectivity index (χ3n) is 3.64. The van der Waals surface area contributed by atoms with Gasteiger partial charge in [-0.25, -0.2) is 13.4 Å². The fraction of sp³-hybridized carbons (Fsp3) is 0.385. The minimum atomic E-state index is -3.02. The molecule has 1 aliphatic rings. The van der Waals surface area contributed by atoms with Crippen molar-refractivity contribution in [3.8, 4) is 0 Å². The van der Waals surface area contributed by atoms with E-state index in [0.29, 0.717) is 18.4 Å². The highest BCUT2D eigenvalue weighted by molar-refractivity contribution is 7.92. The number of benzene rings is 1. The maximum atomic E-state index is 12.0. The molecule has 0 saturated carbocycles. The molecule has 1 aromatic carbocycles. The minimum Gasteiger partial charge on any atom is -0.351 e. The molecule has 7 heteroatoms. The molecule has 0 bridgehead atoms. The van der Waals surface area contributed by atoms with Crippen molar-refractivity contribution in [3.63, 3.8) is 0 Å². The molecule has 0 aliphatic carbocycles. The van der Waals surface area contributed by atoms with Crippen LogP contribution >= 0.6 is 0 Å². The van der Waals surface area contributed by atoms with Crippen LogP contribution in [0.15, 0.2) is 24.5 Å². The number of hydrogen-bond acceptors (Lipinski definition) is 4. The van der Waals surface area contributed by atoms with Crippen molar-refractivity contribution in [2.24, 2.45) is 0 Å². The van der Waals surface area contributed by atoms with Crippen LogP contribution in [0.4, 0.5) is 0 Å². The van der Waals surface area contributed by atoms with Gasteiger partial charge in [-0.1, -0.05) is 0 Å². The Morgan fingerprint density at radius 3 is 3.05 bits per heavy atom. The van der Waals surface area contributed by atoms with Crippen LogP contribution in [0, 0.1) is 0 Å². The van der Waals surface area contributed by atoms with Gasteiger partial charge < -0.3 is 10.3 Å². The Morgan fingerprint density at radius 2 is 2.30 bits per heavy atom. The lowest BCUT2D eigenvalue weighted by molar-refractivity contribution is 0.0953. The summed E-state index contributed by atoms with van der Waals surface area (Å²) in [4.78, 5) is 19.1. The summed E-state index contributed by atoms with van der Waals surface area (Å²) < 4.78 is 23.4. The maximum absolute atomic E-state index is 12.0. The quantitative estimate of drug-likeness (QED) is 0.878. The Bertz CT molecular complexity index is 751. The summed E-state index contributed by atoms with van der Waals surface area (Å²) in [6, 6.07) is 5.15. The van der Waals surface area contributed by atoms with E-state index in [9.17, 15) is 13.2 Å². The fourth-order valence-electron chi connectivity index (χ4n) is 2.47. The van der Waals surface area contributed by atoms with Crippen molar-refractivity contribution in [1.82, 2.24) is 15.3 Å². The minimum absolute atomic E-state index is 0.183. The zero-order chi connectivity index (χ0) is 14.2. The number of rotatable bonds is 3. The number of H-pyrrole nitrogens is 1. The summed E-state index contributed by atoms with van der Waals surface area (Å²) in [5.41, 5.74) is 2.07. The molecule has 106 valence electrons. The normalized spacial score (nSPS) is 21.1. The van der Waals surface area contributed by atoms with E-state index < -0.39 is 15.1 Å². The van der Waals surface area contributed by atoms with E-state index >= 15 is 0 Å². The molecule has 0 radical (unpaired) electrons. The molecule has 1 atom stereocenters. The molecule has 3 rings (SSSR count). The molecule has 1 unspecified atom stereocenters. The molecule has 0 spiro atoms. The summed E-state index contributed by atoms with van der Waals surface area (Å²) in [6.07, 6.45) is 2.88. The summed E-state index contributed by atoms with van der Waals surface area (Å²) in [5.74, 6) is -0.0308. The van der Waals surface area contributed by atoms with Crippen molar-refractivity contribution in [3.05, 3.63) is 30.1 Å². The number of aromatic nitrogens is 2. The van der Waals surface area contributed by atoms with Crippen LogP contribution in [0.5, 0.6) is 0 Å². The van der Waals surface area contributed by atoms with Gasteiger partial charge in [-0.2, -0.15) is 0 Å². The Labute approximate surface area is 116 Å². The number of sulfone groups is 1. The maximum Gasteiger partial charge on any atom is 0.251 e. The summed E-state index contributed by atoms with van der Waals surface area (Å²) in [7, 11) is -3.02. The first-order valence-electron chi connectivity index (χ1n) is 6.49. The van der Waals surface area contributed by atoms with Gasteiger partial charge in [-0.15, -0.1) is 0 Å². The standard InChI is InChI=1S/C13H15N3O3S/c17-13(14-7-10-2-1-5-20(10,18)19)9-3-4-11-12(6-9)16-8-15-11/h3-4,6,8,10H,1-2,5,7H2,(H,14,17)(H,15,16). The average molecular weight is 293 g/mol. The van der Waals surface area contributed by atoms with Crippen LogP contribution in [0.3, 0.4) is 0 Å². The zero-order valence-electron chi connectivity index (χ0n) is 10.8. The molecule has 2 aromatic rings. The topological polar surface area (TPSA) is 91.9 Å². The van der Waals surface area contributed by atoms with Gasteiger partial charge in [0.1, 0.15) is 0 Å². The van der Waals surface area contributed by atoms with E-state index in [1.807, 2.05) is 0 Å². The third-order valence-corrected chi connectivity index (χ3v) is 5.91. The van der Waals surface area contributed by atoms with Crippen LogP contribution in [0.2, 0.25) is 0 Å². The smallest absolute Gasteiger partial charge is 0.251 e. The first-order valence-corrected chi connectivity index (χ1v) is 8.21. The summed E-state index contributed by atoms with van der Waals surface area (Å²) >= 11 is 0. The van der Waals surface area contributed by atoms with Crippen molar-refractivity contribution in [2.75, 3.05) is 12.3 Å². The van der Waals surface area contributed by atoms with Crippen LogP contribution in [0.1, 0.15) is 23.2 Å². The molecule has 1 fully saturated rings. The molecule has 6 nitrogen and oxygen atoms in total. The molecule has 2 N–H and O–H groups in total. The lowest BCUT2D eigenvalue weighted by Gasteiger charge is -2.10. The van der Waals surface area contributed by atoms with Crippen LogP contribution in [-0.2, 0) is 9.84 Å². The lowest BCUT2D eigenvalue weighted by atomic mass is 10.2. The van der Waals surface area contributed by atoms with Crippen molar-refractivity contribution >= 4 is 26.8 Å². The average Bonchev–Trinajstić information content (AvgIpc) is 3.01. The second-order valence-electron chi connectivity index (χ2n) is 4.98. The second-order valence-corrected chi connectivity index (χ2v) is 7.38. The van der Waals surface area contributed by atoms with Crippen LogP contribution in [0.25, 0.3) is 11.0 Å². The number of carbonyl (C=O) groups is 1. The number of nitrogens with zero attached hydrogens (tertiary/aromatic N) is 1. The molecule has 1 saturated heterocycles. The van der Waals surface area contributed by atoms with E-state index in [0.717, 1.165) is 11.0 Å². The van der Waals surface area contributed by atoms with E-state index in [4.69, 9.17) is 0 Å². The molecule has 1 aromatic heterocycles. The lowest BCUT2D eigenvalue weighted by Crippen LogP contribution is -2.34. The van der Waals surface area contributed by atoms with E-state index in [1.165, 1.54) is 0 Å². The highest BCUT2D eigenvalue weighted by atomic mass is 32.2. The van der Waals surface area contributed by atoms with Crippen molar-refractivity contribution in [2.45, 2.75) is 18.1 Å². The number of imidazole rings is 1. The number of fused-ring (bicyclic) bond motifs is 1. The highest BCUT2D eigenvalue weighted by Crippen LogP contribution is 2.19. The van der Waals surface area contributed by atoms with Gasteiger partial charge in [-0.3, -0.25) is 4.79 Å². The molecule has 2 heterocycles. The van der Waals surface area contributed by atoms with Gasteiger partial charge in [0.05, 0.1) is 28.4 Å². The van der Waals surface area contributed by atoms with Crippen LogP contribution < -0.4 is 5.32 Å². The van der Waals surface area contributed by atoms with E-state index in [-0.39, 0.29) is 18.2 Å². The van der Waals surface area contributed by atoms with E-state index in [2.05, 4.69) is 15.3 Å². The second kappa shape index (κ2) is 4.90. The monoisotopic (exact) mass is 293 g/mol. The number of nitrogens with one attached hydrogen (secondary N) is 2. The Balaban J connectivity index is 1.70. The van der Waals surface area contributed by atoms with Crippen molar-refractivity contribution in [1.29, 1.82) is 0 Å². The molecular weight excluding hydrogens is 278 g/mol. The predicted octanol–water partition coefficient (Wildman–Crippen LogP) is 0.870. The predicted molar refractivity (Wildman–Crippen MR) is 75.2 cm³/mol. The van der Waals surface area contributed by atoms with Gasteiger partial charge in [0.2, 0.25) is 0 Å². The van der Waals surface area contributed by atoms with E-state index in [1.54, 1.807) is 24.5 Å². The Kier molecular flexibility index (Phi) is 3.21.